The number of nitrogens with two attached hydrogens (primary N) is 1. The summed E-state index contributed by atoms with van der Waals surface area (Å²) in [7, 11) is 0. The topological polar surface area (TPSA) is 50.4 Å². The van der Waals surface area contributed by atoms with Crippen molar-refractivity contribution < 1.29 is 0 Å². The minimum absolute atomic E-state index is 0.0137. The SMILES string of the molecule is CCCNC(N)=NCC(C)(C)c1ccccc1. The molecule has 0 bridgehead atoms. The molecule has 0 aromatic heterocycles. The van der Waals surface area contributed by atoms with Gasteiger partial charge in [0.2, 0.25) is 0 Å². The van der Waals surface area contributed by atoms with E-state index in [-0.39, 0.29) is 5.41 Å². The van der Waals surface area contributed by atoms with Crippen molar-refractivity contribution in [3.05, 3.63) is 35.9 Å². The van der Waals surface area contributed by atoms with Crippen molar-refractivity contribution in [3.8, 4) is 0 Å². The van der Waals surface area contributed by atoms with Gasteiger partial charge in [-0.25, -0.2) is 0 Å². The molecule has 0 aliphatic rings. The maximum atomic E-state index is 5.78. The second-order valence-electron chi connectivity index (χ2n) is 4.88. The molecule has 1 rings (SSSR count). The van der Waals surface area contributed by atoms with E-state index < -0.39 is 0 Å². The Morgan fingerprint density at radius 1 is 1.29 bits per heavy atom. The fourth-order valence-electron chi connectivity index (χ4n) is 1.57. The van der Waals surface area contributed by atoms with Crippen LogP contribution in [0.1, 0.15) is 32.8 Å². The number of guanidine groups is 1. The molecular weight excluding hydrogens is 210 g/mol. The van der Waals surface area contributed by atoms with E-state index in [2.05, 4.69) is 55.3 Å². The zero-order valence-electron chi connectivity index (χ0n) is 11.0. The number of aliphatic imine (C=N–C) groups is 1. The lowest BCUT2D eigenvalue weighted by molar-refractivity contribution is 0.538. The number of rotatable bonds is 5. The second-order valence-corrected chi connectivity index (χ2v) is 4.88. The van der Waals surface area contributed by atoms with Crippen molar-refractivity contribution in [1.29, 1.82) is 0 Å². The summed E-state index contributed by atoms with van der Waals surface area (Å²) in [5.74, 6) is 0.538. The molecule has 0 fully saturated rings. The third-order valence-corrected chi connectivity index (χ3v) is 2.76. The molecule has 0 saturated heterocycles. The molecule has 0 aliphatic heterocycles. The summed E-state index contributed by atoms with van der Waals surface area (Å²) in [6.07, 6.45) is 1.05. The van der Waals surface area contributed by atoms with E-state index in [0.29, 0.717) is 12.5 Å². The first kappa shape index (κ1) is 13.6. The summed E-state index contributed by atoms with van der Waals surface area (Å²) < 4.78 is 0. The van der Waals surface area contributed by atoms with E-state index in [9.17, 15) is 0 Å². The fraction of sp³-hybridized carbons (Fsp3) is 0.500. The average Bonchev–Trinajstić information content (AvgIpc) is 2.35. The normalized spacial score (nSPS) is 12.5. The van der Waals surface area contributed by atoms with Crippen LogP contribution in [0.25, 0.3) is 0 Å². The quantitative estimate of drug-likeness (QED) is 0.605. The summed E-state index contributed by atoms with van der Waals surface area (Å²) in [6.45, 7) is 8.03. The van der Waals surface area contributed by atoms with Crippen molar-refractivity contribution in [3.63, 3.8) is 0 Å². The van der Waals surface area contributed by atoms with Crippen molar-refractivity contribution in [2.45, 2.75) is 32.6 Å². The third-order valence-electron chi connectivity index (χ3n) is 2.76. The van der Waals surface area contributed by atoms with E-state index >= 15 is 0 Å². The van der Waals surface area contributed by atoms with Gasteiger partial charge >= 0.3 is 0 Å². The van der Waals surface area contributed by atoms with Crippen LogP contribution < -0.4 is 11.1 Å². The first-order chi connectivity index (χ1) is 8.06. The Bertz CT molecular complexity index is 355. The van der Waals surface area contributed by atoms with E-state index in [1.165, 1.54) is 5.56 Å². The molecule has 0 heterocycles. The summed E-state index contributed by atoms with van der Waals surface area (Å²) in [4.78, 5) is 4.39. The molecule has 1 aromatic carbocycles. The van der Waals surface area contributed by atoms with Gasteiger partial charge in [0.05, 0.1) is 6.54 Å². The third kappa shape index (κ3) is 4.47. The van der Waals surface area contributed by atoms with Crippen molar-refractivity contribution in [2.75, 3.05) is 13.1 Å². The van der Waals surface area contributed by atoms with E-state index in [0.717, 1.165) is 13.0 Å². The summed E-state index contributed by atoms with van der Waals surface area (Å²) in [5, 5.41) is 3.08. The Balaban J connectivity index is 2.61. The molecule has 17 heavy (non-hydrogen) atoms. The Morgan fingerprint density at radius 3 is 2.53 bits per heavy atom. The van der Waals surface area contributed by atoms with Gasteiger partial charge in [0, 0.05) is 12.0 Å². The molecule has 3 N–H and O–H groups in total. The van der Waals surface area contributed by atoms with Crippen LogP contribution in [0.2, 0.25) is 0 Å². The van der Waals surface area contributed by atoms with Crippen LogP contribution in [0.5, 0.6) is 0 Å². The summed E-state index contributed by atoms with van der Waals surface area (Å²) in [5.41, 5.74) is 7.08. The van der Waals surface area contributed by atoms with Crippen LogP contribution in [-0.4, -0.2) is 19.0 Å². The minimum Gasteiger partial charge on any atom is -0.370 e. The van der Waals surface area contributed by atoms with Crippen molar-refractivity contribution in [1.82, 2.24) is 5.32 Å². The maximum absolute atomic E-state index is 5.78. The van der Waals surface area contributed by atoms with Crippen molar-refractivity contribution >= 4 is 5.96 Å². The number of hydrogen-bond acceptors (Lipinski definition) is 1. The molecule has 0 amide bonds. The fourth-order valence-corrected chi connectivity index (χ4v) is 1.57. The van der Waals surface area contributed by atoms with E-state index in [4.69, 9.17) is 5.73 Å². The lowest BCUT2D eigenvalue weighted by atomic mass is 9.85. The molecule has 3 nitrogen and oxygen atoms in total. The van der Waals surface area contributed by atoms with Gasteiger partial charge in [0.1, 0.15) is 0 Å². The van der Waals surface area contributed by atoms with Crippen LogP contribution in [0, 0.1) is 0 Å². The predicted octanol–water partition coefficient (Wildman–Crippen LogP) is 2.28. The number of nitrogens with zero attached hydrogens (tertiary/aromatic N) is 1. The Hall–Kier alpha value is -1.51. The average molecular weight is 233 g/mol. The number of benzene rings is 1. The lowest BCUT2D eigenvalue weighted by Gasteiger charge is -2.23. The highest BCUT2D eigenvalue weighted by molar-refractivity contribution is 5.77. The minimum atomic E-state index is 0.0137. The monoisotopic (exact) mass is 233 g/mol. The molecule has 0 atom stereocenters. The zero-order chi connectivity index (χ0) is 12.7. The van der Waals surface area contributed by atoms with Gasteiger partial charge in [-0.1, -0.05) is 51.1 Å². The smallest absolute Gasteiger partial charge is 0.188 e. The molecule has 0 radical (unpaired) electrons. The maximum Gasteiger partial charge on any atom is 0.188 e. The van der Waals surface area contributed by atoms with Crippen LogP contribution in [0.3, 0.4) is 0 Å². The van der Waals surface area contributed by atoms with E-state index in [1.54, 1.807) is 0 Å². The molecule has 94 valence electrons. The number of hydrogen-bond donors (Lipinski definition) is 2. The van der Waals surface area contributed by atoms with Crippen LogP contribution in [-0.2, 0) is 5.41 Å². The van der Waals surface area contributed by atoms with Gasteiger partial charge in [0.15, 0.2) is 5.96 Å². The lowest BCUT2D eigenvalue weighted by Crippen LogP contribution is -2.34. The van der Waals surface area contributed by atoms with E-state index in [1.807, 2.05) is 6.07 Å². The Morgan fingerprint density at radius 2 is 1.94 bits per heavy atom. The van der Waals surface area contributed by atoms with Gasteiger partial charge in [-0.15, -0.1) is 0 Å². The van der Waals surface area contributed by atoms with Crippen LogP contribution in [0.4, 0.5) is 0 Å². The van der Waals surface area contributed by atoms with Crippen molar-refractivity contribution in [2.24, 2.45) is 10.7 Å². The van der Waals surface area contributed by atoms with Gasteiger partial charge in [-0.3, -0.25) is 4.99 Å². The summed E-state index contributed by atoms with van der Waals surface area (Å²) >= 11 is 0. The summed E-state index contributed by atoms with van der Waals surface area (Å²) in [6, 6.07) is 10.4. The molecular formula is C14H23N3. The Kier molecular flexibility index (Phi) is 5.01. The first-order valence-corrected chi connectivity index (χ1v) is 6.15. The van der Waals surface area contributed by atoms with Gasteiger partial charge in [-0.05, 0) is 12.0 Å². The second kappa shape index (κ2) is 6.28. The van der Waals surface area contributed by atoms with Gasteiger partial charge in [-0.2, -0.15) is 0 Å². The van der Waals surface area contributed by atoms with Gasteiger partial charge in [0.25, 0.3) is 0 Å². The van der Waals surface area contributed by atoms with Crippen LogP contribution in [0.15, 0.2) is 35.3 Å². The van der Waals surface area contributed by atoms with Gasteiger partial charge < -0.3 is 11.1 Å². The largest absolute Gasteiger partial charge is 0.370 e. The molecule has 0 aliphatic carbocycles. The molecule has 0 unspecified atom stereocenters. The molecule has 3 heteroatoms. The highest BCUT2D eigenvalue weighted by Gasteiger charge is 2.19. The highest BCUT2D eigenvalue weighted by atomic mass is 15.1. The Labute approximate surface area is 104 Å². The number of nitrogens with one attached hydrogen (secondary N) is 1. The highest BCUT2D eigenvalue weighted by Crippen LogP contribution is 2.22. The molecule has 1 aromatic rings. The van der Waals surface area contributed by atoms with Crippen LogP contribution >= 0.6 is 0 Å². The first-order valence-electron chi connectivity index (χ1n) is 6.15. The standard InChI is InChI=1S/C14H23N3/c1-4-10-16-13(15)17-11-14(2,3)12-8-6-5-7-9-12/h5-9H,4,10-11H2,1-3H3,(H3,15,16,17). The zero-order valence-corrected chi connectivity index (χ0v) is 11.0. The molecule has 0 spiro atoms. The molecule has 0 saturated carbocycles. The predicted molar refractivity (Wildman–Crippen MR) is 74.3 cm³/mol.